The molecule has 1 unspecified atom stereocenters. The Hall–Kier alpha value is -1.58. The van der Waals surface area contributed by atoms with Gasteiger partial charge in [-0.2, -0.15) is 0 Å². The van der Waals surface area contributed by atoms with Crippen molar-refractivity contribution in [2.75, 3.05) is 19.6 Å². The Labute approximate surface area is 108 Å². The number of nitrogens with one attached hydrogen (secondary N) is 1. The second-order valence-electron chi connectivity index (χ2n) is 4.83. The molecule has 0 fully saturated rings. The molecule has 1 N–H and O–H groups in total. The summed E-state index contributed by atoms with van der Waals surface area (Å²) in [4.78, 5) is 18.8. The van der Waals surface area contributed by atoms with Crippen molar-refractivity contribution in [3.05, 3.63) is 23.5 Å². The summed E-state index contributed by atoms with van der Waals surface area (Å²) < 4.78 is 0. The molecule has 0 radical (unpaired) electrons. The predicted octanol–water partition coefficient (Wildman–Crippen LogP) is 1.71. The molecular formula is C14H21N3O. The highest BCUT2D eigenvalue weighted by molar-refractivity contribution is 5.97. The van der Waals surface area contributed by atoms with Crippen LogP contribution >= 0.6 is 0 Å². The number of hydrogen-bond acceptors (Lipinski definition) is 3. The molecule has 0 saturated carbocycles. The third kappa shape index (κ3) is 2.81. The largest absolute Gasteiger partial charge is 0.368 e. The molecule has 2 aliphatic heterocycles. The average Bonchev–Trinajstić information content (AvgIpc) is 2.63. The number of amides is 1. The van der Waals surface area contributed by atoms with Crippen LogP contribution in [0.2, 0.25) is 0 Å². The lowest BCUT2D eigenvalue weighted by Gasteiger charge is -2.20. The van der Waals surface area contributed by atoms with Crippen molar-refractivity contribution in [2.24, 2.45) is 10.9 Å². The van der Waals surface area contributed by atoms with Crippen LogP contribution in [-0.4, -0.2) is 36.7 Å². The van der Waals surface area contributed by atoms with E-state index in [0.717, 1.165) is 38.3 Å². The fourth-order valence-electron chi connectivity index (χ4n) is 2.10. The molecule has 2 rings (SSSR count). The van der Waals surface area contributed by atoms with Gasteiger partial charge in [-0.05, 0) is 12.5 Å². The molecular weight excluding hydrogens is 226 g/mol. The SMILES string of the molecule is CCCCN1CCNC2=C(C=CC(C)C=N2)C1=O. The van der Waals surface area contributed by atoms with Crippen LogP contribution in [0.25, 0.3) is 0 Å². The van der Waals surface area contributed by atoms with E-state index in [2.05, 4.69) is 24.2 Å². The molecule has 0 aromatic heterocycles. The van der Waals surface area contributed by atoms with Crippen LogP contribution in [0.4, 0.5) is 0 Å². The molecule has 0 spiro atoms. The zero-order valence-electron chi connectivity index (χ0n) is 11.1. The lowest BCUT2D eigenvalue weighted by Crippen LogP contribution is -2.34. The number of allylic oxidation sites excluding steroid dienone is 1. The number of unbranched alkanes of at least 4 members (excludes halogenated alkanes) is 1. The second kappa shape index (κ2) is 5.85. The minimum Gasteiger partial charge on any atom is -0.368 e. The second-order valence-corrected chi connectivity index (χ2v) is 4.83. The number of nitrogens with zero attached hydrogens (tertiary/aromatic N) is 2. The van der Waals surface area contributed by atoms with Gasteiger partial charge in [0.2, 0.25) is 0 Å². The van der Waals surface area contributed by atoms with Gasteiger partial charge in [0.1, 0.15) is 5.82 Å². The molecule has 1 atom stereocenters. The molecule has 0 bridgehead atoms. The first kappa shape index (κ1) is 12.9. The Kier molecular flexibility index (Phi) is 4.18. The normalized spacial score (nSPS) is 23.6. The van der Waals surface area contributed by atoms with Crippen molar-refractivity contribution in [2.45, 2.75) is 26.7 Å². The van der Waals surface area contributed by atoms with Crippen LogP contribution < -0.4 is 5.32 Å². The highest BCUT2D eigenvalue weighted by Gasteiger charge is 2.23. The highest BCUT2D eigenvalue weighted by atomic mass is 16.2. The van der Waals surface area contributed by atoms with Gasteiger partial charge in [0.15, 0.2) is 0 Å². The topological polar surface area (TPSA) is 44.7 Å². The Morgan fingerprint density at radius 1 is 1.56 bits per heavy atom. The summed E-state index contributed by atoms with van der Waals surface area (Å²) in [6.07, 6.45) is 7.97. The van der Waals surface area contributed by atoms with Gasteiger partial charge >= 0.3 is 0 Å². The van der Waals surface area contributed by atoms with E-state index in [-0.39, 0.29) is 11.8 Å². The third-order valence-electron chi connectivity index (χ3n) is 3.23. The quantitative estimate of drug-likeness (QED) is 0.825. The standard InChI is InChI=1S/C14H21N3O/c1-3-4-8-17-9-7-15-13-12(14(17)18)6-5-11(2)10-16-13/h5-6,10-11,15H,3-4,7-9H2,1-2H3. The average molecular weight is 247 g/mol. The summed E-state index contributed by atoms with van der Waals surface area (Å²) >= 11 is 0. The van der Waals surface area contributed by atoms with Crippen LogP contribution in [0.3, 0.4) is 0 Å². The lowest BCUT2D eigenvalue weighted by molar-refractivity contribution is -0.126. The van der Waals surface area contributed by atoms with Crippen LogP contribution in [0.1, 0.15) is 26.7 Å². The third-order valence-corrected chi connectivity index (χ3v) is 3.23. The molecule has 0 aliphatic carbocycles. The van der Waals surface area contributed by atoms with Gasteiger partial charge in [-0.3, -0.25) is 4.79 Å². The Balaban J connectivity index is 2.21. The summed E-state index contributed by atoms with van der Waals surface area (Å²) in [6, 6.07) is 0. The maximum absolute atomic E-state index is 12.4. The first-order valence-corrected chi connectivity index (χ1v) is 6.72. The van der Waals surface area contributed by atoms with E-state index in [1.54, 1.807) is 0 Å². The van der Waals surface area contributed by atoms with E-state index >= 15 is 0 Å². The van der Waals surface area contributed by atoms with Crippen molar-refractivity contribution in [1.82, 2.24) is 10.2 Å². The van der Waals surface area contributed by atoms with E-state index < -0.39 is 0 Å². The van der Waals surface area contributed by atoms with Crippen molar-refractivity contribution >= 4 is 12.1 Å². The summed E-state index contributed by atoms with van der Waals surface area (Å²) in [5.74, 6) is 1.10. The fraction of sp³-hybridized carbons (Fsp3) is 0.571. The first-order valence-electron chi connectivity index (χ1n) is 6.72. The van der Waals surface area contributed by atoms with Gasteiger partial charge in [0.05, 0.1) is 5.57 Å². The van der Waals surface area contributed by atoms with Crippen molar-refractivity contribution < 1.29 is 4.79 Å². The smallest absolute Gasteiger partial charge is 0.257 e. The molecule has 0 aromatic rings. The van der Waals surface area contributed by atoms with Gasteiger partial charge in [0.25, 0.3) is 5.91 Å². The predicted molar refractivity (Wildman–Crippen MR) is 73.3 cm³/mol. The van der Waals surface area contributed by atoms with Gasteiger partial charge in [-0.15, -0.1) is 0 Å². The van der Waals surface area contributed by atoms with E-state index in [1.165, 1.54) is 0 Å². The van der Waals surface area contributed by atoms with E-state index in [0.29, 0.717) is 5.57 Å². The number of hydrogen-bond donors (Lipinski definition) is 1. The Morgan fingerprint density at radius 2 is 2.39 bits per heavy atom. The zero-order chi connectivity index (χ0) is 13.0. The van der Waals surface area contributed by atoms with Gasteiger partial charge in [-0.25, -0.2) is 4.99 Å². The van der Waals surface area contributed by atoms with Crippen molar-refractivity contribution in [3.63, 3.8) is 0 Å². The number of rotatable bonds is 3. The summed E-state index contributed by atoms with van der Waals surface area (Å²) in [6.45, 7) is 6.56. The molecule has 1 amide bonds. The maximum atomic E-state index is 12.4. The number of carbonyl (C=O) groups is 1. The van der Waals surface area contributed by atoms with E-state index in [4.69, 9.17) is 0 Å². The molecule has 0 saturated heterocycles. The van der Waals surface area contributed by atoms with Gasteiger partial charge in [-0.1, -0.05) is 26.3 Å². The summed E-state index contributed by atoms with van der Waals surface area (Å²) in [7, 11) is 0. The molecule has 2 heterocycles. The van der Waals surface area contributed by atoms with Crippen molar-refractivity contribution in [1.29, 1.82) is 0 Å². The van der Waals surface area contributed by atoms with Crippen LogP contribution in [0.5, 0.6) is 0 Å². The van der Waals surface area contributed by atoms with E-state index in [1.807, 2.05) is 23.3 Å². The fourth-order valence-corrected chi connectivity index (χ4v) is 2.10. The zero-order valence-corrected chi connectivity index (χ0v) is 11.1. The van der Waals surface area contributed by atoms with E-state index in [9.17, 15) is 4.79 Å². The molecule has 4 nitrogen and oxygen atoms in total. The molecule has 4 heteroatoms. The summed E-state index contributed by atoms with van der Waals surface area (Å²) in [5.41, 5.74) is 0.698. The number of carbonyl (C=O) groups excluding carboxylic acids is 1. The maximum Gasteiger partial charge on any atom is 0.257 e. The molecule has 0 aromatic carbocycles. The molecule has 98 valence electrons. The minimum atomic E-state index is 0.103. The van der Waals surface area contributed by atoms with Gasteiger partial charge < -0.3 is 10.2 Å². The molecule has 2 aliphatic rings. The van der Waals surface area contributed by atoms with Gasteiger partial charge in [0, 0.05) is 31.8 Å². The van der Waals surface area contributed by atoms with Crippen LogP contribution in [-0.2, 0) is 4.79 Å². The van der Waals surface area contributed by atoms with Crippen molar-refractivity contribution in [3.8, 4) is 0 Å². The van der Waals surface area contributed by atoms with Crippen LogP contribution in [0, 0.1) is 5.92 Å². The lowest BCUT2D eigenvalue weighted by atomic mass is 10.1. The first-order chi connectivity index (χ1) is 8.72. The monoisotopic (exact) mass is 247 g/mol. The minimum absolute atomic E-state index is 0.103. The Morgan fingerprint density at radius 3 is 3.17 bits per heavy atom. The highest BCUT2D eigenvalue weighted by Crippen LogP contribution is 2.17. The molecule has 18 heavy (non-hydrogen) atoms. The summed E-state index contributed by atoms with van der Waals surface area (Å²) in [5, 5.41) is 3.25. The number of aliphatic imine (C=N–C) groups is 1. The van der Waals surface area contributed by atoms with Crippen LogP contribution in [0.15, 0.2) is 28.5 Å². The Bertz CT molecular complexity index is 409.